The van der Waals surface area contributed by atoms with Gasteiger partial charge in [0.25, 0.3) is 0 Å². The molecule has 1 aromatic rings. The number of thiophene rings is 1. The molecule has 1 aliphatic carbocycles. The van der Waals surface area contributed by atoms with Crippen LogP contribution < -0.4 is 0 Å². The normalized spacial score (nSPS) is 24.4. The van der Waals surface area contributed by atoms with Crippen LogP contribution in [0.3, 0.4) is 0 Å². The van der Waals surface area contributed by atoms with Crippen molar-refractivity contribution in [3.05, 3.63) is 22.4 Å². The molecule has 0 spiro atoms. The molecule has 0 N–H and O–H groups in total. The van der Waals surface area contributed by atoms with Crippen molar-refractivity contribution in [1.82, 2.24) is 0 Å². The smallest absolute Gasteiger partial charge is 0.312 e. The summed E-state index contributed by atoms with van der Waals surface area (Å²) in [5.41, 5.74) is -1.24. The van der Waals surface area contributed by atoms with Gasteiger partial charge in [-0.1, -0.05) is 6.07 Å². The Hall–Kier alpha value is -1.85. The summed E-state index contributed by atoms with van der Waals surface area (Å²) in [6.45, 7) is 1.97. The van der Waals surface area contributed by atoms with E-state index in [9.17, 15) is 4.79 Å². The van der Waals surface area contributed by atoms with Gasteiger partial charge in [0.2, 0.25) is 0 Å². The van der Waals surface area contributed by atoms with Gasteiger partial charge in [-0.3, -0.25) is 4.79 Å². The number of hydrogen-bond donors (Lipinski definition) is 0. The van der Waals surface area contributed by atoms with E-state index in [1.54, 1.807) is 6.92 Å². The highest BCUT2D eigenvalue weighted by Crippen LogP contribution is 2.65. The Balaban J connectivity index is 2.31. The van der Waals surface area contributed by atoms with Crippen LogP contribution in [0, 0.1) is 34.0 Å². The number of ether oxygens (including phenoxy) is 1. The topological polar surface area (TPSA) is 73.9 Å². The first-order valence-corrected chi connectivity index (χ1v) is 6.11. The highest BCUT2D eigenvalue weighted by Gasteiger charge is 2.72. The molecular formula is C12H10N2O2S. The second-order valence-corrected chi connectivity index (χ2v) is 4.79. The van der Waals surface area contributed by atoms with Gasteiger partial charge < -0.3 is 4.74 Å². The molecule has 4 nitrogen and oxygen atoms in total. The third-order valence-corrected chi connectivity index (χ3v) is 3.92. The van der Waals surface area contributed by atoms with Gasteiger partial charge >= 0.3 is 5.97 Å². The first kappa shape index (κ1) is 11.6. The second kappa shape index (κ2) is 4.20. The molecule has 86 valence electrons. The molecule has 1 fully saturated rings. The van der Waals surface area contributed by atoms with E-state index in [0.29, 0.717) is 0 Å². The van der Waals surface area contributed by atoms with Gasteiger partial charge in [0, 0.05) is 10.8 Å². The predicted molar refractivity (Wildman–Crippen MR) is 60.8 cm³/mol. The molecule has 0 aliphatic heterocycles. The Bertz CT molecular complexity index is 496. The fraction of sp³-hybridized carbons (Fsp3) is 0.417. The lowest BCUT2D eigenvalue weighted by molar-refractivity contribution is -0.145. The number of hydrogen-bond acceptors (Lipinski definition) is 5. The minimum atomic E-state index is -1.24. The molecule has 2 atom stereocenters. The summed E-state index contributed by atoms with van der Waals surface area (Å²) in [7, 11) is 0. The van der Waals surface area contributed by atoms with E-state index in [2.05, 4.69) is 0 Å². The number of esters is 1. The van der Waals surface area contributed by atoms with E-state index in [1.165, 1.54) is 11.3 Å². The van der Waals surface area contributed by atoms with Crippen LogP contribution in [0.1, 0.15) is 17.7 Å². The summed E-state index contributed by atoms with van der Waals surface area (Å²) in [5.74, 6) is -1.43. The second-order valence-electron chi connectivity index (χ2n) is 3.82. The van der Waals surface area contributed by atoms with Crippen LogP contribution >= 0.6 is 11.3 Å². The van der Waals surface area contributed by atoms with E-state index >= 15 is 0 Å². The number of carbonyl (C=O) groups excluding carboxylic acids is 1. The third kappa shape index (κ3) is 1.60. The number of rotatable bonds is 3. The van der Waals surface area contributed by atoms with Crippen molar-refractivity contribution in [2.45, 2.75) is 12.8 Å². The standard InChI is InChI=1S/C12H10N2O2S/c1-2-16-11(15)10-9(8-4-3-5-17-8)12(10,6-13)7-14/h3-5,9-10H,2H2,1H3. The van der Waals surface area contributed by atoms with E-state index in [4.69, 9.17) is 15.3 Å². The molecule has 5 heteroatoms. The maximum absolute atomic E-state index is 11.7. The molecule has 1 heterocycles. The van der Waals surface area contributed by atoms with Gasteiger partial charge in [0.15, 0.2) is 5.41 Å². The molecule has 1 saturated carbocycles. The zero-order chi connectivity index (χ0) is 12.5. The lowest BCUT2D eigenvalue weighted by Crippen LogP contribution is -2.11. The van der Waals surface area contributed by atoms with E-state index < -0.39 is 17.3 Å². The molecule has 0 radical (unpaired) electrons. The van der Waals surface area contributed by atoms with Gasteiger partial charge in [-0.05, 0) is 18.4 Å². The Morgan fingerprint density at radius 3 is 2.76 bits per heavy atom. The zero-order valence-electron chi connectivity index (χ0n) is 9.21. The molecular weight excluding hydrogens is 236 g/mol. The highest BCUT2D eigenvalue weighted by atomic mass is 32.1. The quantitative estimate of drug-likeness (QED) is 0.765. The van der Waals surface area contributed by atoms with Crippen molar-refractivity contribution in [1.29, 1.82) is 10.5 Å². The average Bonchev–Trinajstić information content (AvgIpc) is 2.71. The SMILES string of the molecule is CCOC(=O)C1C(c2cccs2)C1(C#N)C#N. The van der Waals surface area contributed by atoms with Crippen molar-refractivity contribution in [3.8, 4) is 12.1 Å². The maximum atomic E-state index is 11.7. The van der Waals surface area contributed by atoms with Gasteiger partial charge in [-0.2, -0.15) is 10.5 Å². The van der Waals surface area contributed by atoms with Gasteiger partial charge in [0.05, 0.1) is 24.7 Å². The fourth-order valence-corrected chi connectivity index (χ4v) is 3.04. The Morgan fingerprint density at radius 2 is 2.29 bits per heavy atom. The molecule has 0 bridgehead atoms. The summed E-state index contributed by atoms with van der Waals surface area (Å²) in [6.07, 6.45) is 0. The van der Waals surface area contributed by atoms with Crippen molar-refractivity contribution in [2.75, 3.05) is 6.61 Å². The summed E-state index contributed by atoms with van der Waals surface area (Å²) >= 11 is 1.46. The molecule has 1 aromatic heterocycles. The Kier molecular flexibility index (Phi) is 2.87. The summed E-state index contributed by atoms with van der Waals surface area (Å²) in [6, 6.07) is 7.64. The van der Waals surface area contributed by atoms with Crippen LogP contribution in [0.5, 0.6) is 0 Å². The molecule has 2 unspecified atom stereocenters. The average molecular weight is 246 g/mol. The maximum Gasteiger partial charge on any atom is 0.312 e. The molecule has 0 amide bonds. The highest BCUT2D eigenvalue weighted by molar-refractivity contribution is 7.10. The first-order chi connectivity index (χ1) is 8.21. The van der Waals surface area contributed by atoms with E-state index in [-0.39, 0.29) is 12.5 Å². The summed E-state index contributed by atoms with van der Waals surface area (Å²) in [4.78, 5) is 12.6. The Morgan fingerprint density at radius 1 is 1.59 bits per heavy atom. The zero-order valence-corrected chi connectivity index (χ0v) is 10.0. The third-order valence-electron chi connectivity index (χ3n) is 2.97. The summed E-state index contributed by atoms with van der Waals surface area (Å²) in [5, 5.41) is 20.1. The molecule has 0 saturated heterocycles. The minimum Gasteiger partial charge on any atom is -0.466 e. The number of nitrogens with zero attached hydrogens (tertiary/aromatic N) is 2. The van der Waals surface area contributed by atoms with Crippen molar-refractivity contribution < 1.29 is 9.53 Å². The van der Waals surface area contributed by atoms with Gasteiger partial charge in [-0.25, -0.2) is 0 Å². The lowest BCUT2D eigenvalue weighted by Gasteiger charge is -1.99. The van der Waals surface area contributed by atoms with Gasteiger partial charge in [0.1, 0.15) is 0 Å². The van der Waals surface area contributed by atoms with E-state index in [0.717, 1.165) is 4.88 Å². The Labute approximate surface area is 103 Å². The number of carbonyl (C=O) groups is 1. The van der Waals surface area contributed by atoms with Crippen LogP contribution in [0.4, 0.5) is 0 Å². The van der Waals surface area contributed by atoms with Crippen LogP contribution in [-0.2, 0) is 9.53 Å². The molecule has 1 aliphatic rings. The lowest BCUT2D eigenvalue weighted by atomic mass is 10.1. The molecule has 2 rings (SSSR count). The van der Waals surface area contributed by atoms with Crippen LogP contribution in [-0.4, -0.2) is 12.6 Å². The van der Waals surface area contributed by atoms with Gasteiger partial charge in [-0.15, -0.1) is 11.3 Å². The van der Waals surface area contributed by atoms with Crippen LogP contribution in [0.15, 0.2) is 17.5 Å². The predicted octanol–water partition coefficient (Wildman–Crippen LogP) is 2.06. The van der Waals surface area contributed by atoms with Crippen molar-refractivity contribution in [2.24, 2.45) is 11.3 Å². The van der Waals surface area contributed by atoms with Crippen LogP contribution in [0.2, 0.25) is 0 Å². The molecule has 17 heavy (non-hydrogen) atoms. The molecule has 0 aromatic carbocycles. The first-order valence-electron chi connectivity index (χ1n) is 5.23. The largest absolute Gasteiger partial charge is 0.466 e. The summed E-state index contributed by atoms with van der Waals surface area (Å²) < 4.78 is 4.92. The number of nitriles is 2. The van der Waals surface area contributed by atoms with Crippen molar-refractivity contribution in [3.63, 3.8) is 0 Å². The van der Waals surface area contributed by atoms with E-state index in [1.807, 2.05) is 29.7 Å². The fourth-order valence-electron chi connectivity index (χ4n) is 2.10. The monoisotopic (exact) mass is 246 g/mol. The van der Waals surface area contributed by atoms with Crippen LogP contribution in [0.25, 0.3) is 0 Å². The minimum absolute atomic E-state index is 0.263. The van der Waals surface area contributed by atoms with Crippen molar-refractivity contribution >= 4 is 17.3 Å².